The van der Waals surface area contributed by atoms with Gasteiger partial charge >= 0.3 is 5.97 Å². The highest BCUT2D eigenvalue weighted by molar-refractivity contribution is 6.00. The molecule has 30 heavy (non-hydrogen) atoms. The van der Waals surface area contributed by atoms with Crippen molar-refractivity contribution in [1.29, 1.82) is 0 Å². The Labute approximate surface area is 176 Å². The summed E-state index contributed by atoms with van der Waals surface area (Å²) >= 11 is 0. The second-order valence-corrected chi connectivity index (χ2v) is 6.90. The Morgan fingerprint density at radius 3 is 2.03 bits per heavy atom. The molecular formula is C25H24O5. The number of carbonyl (C=O) groups excluding carboxylic acids is 2. The monoisotopic (exact) mass is 404 g/mol. The van der Waals surface area contributed by atoms with E-state index in [4.69, 9.17) is 14.2 Å². The molecule has 0 heterocycles. The highest BCUT2D eigenvalue weighted by atomic mass is 16.6. The fraction of sp³-hybridized carbons (Fsp3) is 0.200. The largest absolute Gasteiger partial charge is 0.489 e. The smallest absolute Gasteiger partial charge is 0.344 e. The molecule has 3 rings (SSSR count). The molecule has 0 unspecified atom stereocenters. The van der Waals surface area contributed by atoms with E-state index in [2.05, 4.69) is 0 Å². The van der Waals surface area contributed by atoms with Crippen LogP contribution in [0.15, 0.2) is 78.9 Å². The predicted molar refractivity (Wildman–Crippen MR) is 114 cm³/mol. The predicted octanol–water partition coefficient (Wildman–Crippen LogP) is 4.77. The summed E-state index contributed by atoms with van der Waals surface area (Å²) in [6.07, 6.45) is -0.877. The van der Waals surface area contributed by atoms with Crippen molar-refractivity contribution in [1.82, 2.24) is 0 Å². The van der Waals surface area contributed by atoms with Crippen LogP contribution in [-0.4, -0.2) is 24.5 Å². The highest BCUT2D eigenvalue weighted by Gasteiger charge is 2.19. The number of aryl methyl sites for hydroxylation is 1. The first-order valence-electron chi connectivity index (χ1n) is 9.71. The van der Waals surface area contributed by atoms with Crippen LogP contribution in [-0.2, 0) is 16.1 Å². The normalized spacial score (nSPS) is 11.4. The molecule has 0 fully saturated rings. The molecule has 0 N–H and O–H groups in total. The Bertz CT molecular complexity index is 963. The summed E-state index contributed by atoms with van der Waals surface area (Å²) in [4.78, 5) is 24.4. The first-order chi connectivity index (χ1) is 14.5. The van der Waals surface area contributed by atoms with Crippen LogP contribution in [0.3, 0.4) is 0 Å². The zero-order valence-electron chi connectivity index (χ0n) is 17.0. The van der Waals surface area contributed by atoms with Crippen LogP contribution in [0.25, 0.3) is 0 Å². The molecule has 3 aromatic carbocycles. The SMILES string of the molecule is Cc1ccc(C(=O)[C@H](C)OC(=O)COc2ccc(OCc3ccccc3)cc2)cc1. The van der Waals surface area contributed by atoms with Crippen LogP contribution >= 0.6 is 0 Å². The molecule has 0 spiro atoms. The van der Waals surface area contributed by atoms with Crippen LogP contribution in [0.2, 0.25) is 0 Å². The van der Waals surface area contributed by atoms with Crippen LogP contribution < -0.4 is 9.47 Å². The number of benzene rings is 3. The van der Waals surface area contributed by atoms with E-state index in [0.29, 0.717) is 23.7 Å². The van der Waals surface area contributed by atoms with Crippen molar-refractivity contribution in [2.24, 2.45) is 0 Å². The molecule has 3 aromatic rings. The second kappa shape index (κ2) is 10.3. The summed E-state index contributed by atoms with van der Waals surface area (Å²) in [5, 5.41) is 0. The van der Waals surface area contributed by atoms with Gasteiger partial charge in [0.25, 0.3) is 0 Å². The van der Waals surface area contributed by atoms with Crippen molar-refractivity contribution < 1.29 is 23.8 Å². The maximum atomic E-state index is 12.3. The van der Waals surface area contributed by atoms with E-state index in [-0.39, 0.29) is 12.4 Å². The number of esters is 1. The van der Waals surface area contributed by atoms with E-state index >= 15 is 0 Å². The van der Waals surface area contributed by atoms with E-state index in [0.717, 1.165) is 11.1 Å². The highest BCUT2D eigenvalue weighted by Crippen LogP contribution is 2.19. The molecule has 154 valence electrons. The van der Waals surface area contributed by atoms with Crippen LogP contribution in [0.5, 0.6) is 11.5 Å². The number of Topliss-reactive ketones (excluding diaryl/α,β-unsaturated/α-hetero) is 1. The van der Waals surface area contributed by atoms with Crippen molar-refractivity contribution in [3.63, 3.8) is 0 Å². The summed E-state index contributed by atoms with van der Waals surface area (Å²) in [5.41, 5.74) is 2.64. The number of ether oxygens (including phenoxy) is 3. The fourth-order valence-corrected chi connectivity index (χ4v) is 2.75. The molecule has 0 aliphatic heterocycles. The van der Waals surface area contributed by atoms with Gasteiger partial charge in [0.2, 0.25) is 5.78 Å². The van der Waals surface area contributed by atoms with Gasteiger partial charge < -0.3 is 14.2 Å². The van der Waals surface area contributed by atoms with Gasteiger partial charge in [-0.25, -0.2) is 4.79 Å². The molecule has 1 atom stereocenters. The zero-order chi connectivity index (χ0) is 21.3. The van der Waals surface area contributed by atoms with E-state index in [1.165, 1.54) is 0 Å². The molecule has 0 aliphatic rings. The molecular weight excluding hydrogens is 380 g/mol. The molecule has 0 saturated carbocycles. The molecule has 5 nitrogen and oxygen atoms in total. The number of rotatable bonds is 9. The Balaban J connectivity index is 1.43. The van der Waals surface area contributed by atoms with Gasteiger partial charge in [-0.05, 0) is 43.7 Å². The van der Waals surface area contributed by atoms with Crippen LogP contribution in [0.1, 0.15) is 28.4 Å². The topological polar surface area (TPSA) is 61.8 Å². The molecule has 0 aromatic heterocycles. The lowest BCUT2D eigenvalue weighted by Crippen LogP contribution is -2.27. The van der Waals surface area contributed by atoms with Crippen molar-refractivity contribution in [3.05, 3.63) is 95.6 Å². The Morgan fingerprint density at radius 2 is 1.40 bits per heavy atom. The van der Waals surface area contributed by atoms with E-state index in [9.17, 15) is 9.59 Å². The number of hydrogen-bond acceptors (Lipinski definition) is 5. The van der Waals surface area contributed by atoms with Crippen molar-refractivity contribution in [3.8, 4) is 11.5 Å². The maximum absolute atomic E-state index is 12.3. The minimum atomic E-state index is -0.877. The van der Waals surface area contributed by atoms with Gasteiger partial charge in [0.05, 0.1) is 0 Å². The molecule has 0 radical (unpaired) electrons. The number of carbonyl (C=O) groups is 2. The quantitative estimate of drug-likeness (QED) is 0.380. The third-order valence-corrected chi connectivity index (χ3v) is 4.44. The average Bonchev–Trinajstić information content (AvgIpc) is 2.77. The summed E-state index contributed by atoms with van der Waals surface area (Å²) in [5.74, 6) is 0.359. The van der Waals surface area contributed by atoms with Crippen LogP contribution in [0, 0.1) is 6.92 Å². The Morgan fingerprint density at radius 1 is 0.800 bits per heavy atom. The Hall–Kier alpha value is -3.60. The third kappa shape index (κ3) is 6.21. The summed E-state index contributed by atoms with van der Waals surface area (Å²) in [6.45, 7) is 3.69. The lowest BCUT2D eigenvalue weighted by atomic mass is 10.1. The van der Waals surface area contributed by atoms with Gasteiger partial charge in [-0.1, -0.05) is 60.2 Å². The van der Waals surface area contributed by atoms with Crippen molar-refractivity contribution in [2.75, 3.05) is 6.61 Å². The van der Waals surface area contributed by atoms with Gasteiger partial charge in [0.1, 0.15) is 18.1 Å². The zero-order valence-corrected chi connectivity index (χ0v) is 17.0. The molecule has 0 aliphatic carbocycles. The summed E-state index contributed by atoms with van der Waals surface area (Å²) < 4.78 is 16.4. The average molecular weight is 404 g/mol. The van der Waals surface area contributed by atoms with E-state index < -0.39 is 12.1 Å². The van der Waals surface area contributed by atoms with Gasteiger partial charge in [0, 0.05) is 5.56 Å². The summed E-state index contributed by atoms with van der Waals surface area (Å²) in [7, 11) is 0. The fourth-order valence-electron chi connectivity index (χ4n) is 2.75. The first kappa shape index (κ1) is 21.1. The molecule has 0 bridgehead atoms. The van der Waals surface area contributed by atoms with Gasteiger partial charge in [0.15, 0.2) is 12.7 Å². The van der Waals surface area contributed by atoms with Gasteiger partial charge in [-0.15, -0.1) is 0 Å². The number of hydrogen-bond donors (Lipinski definition) is 0. The first-order valence-corrected chi connectivity index (χ1v) is 9.71. The maximum Gasteiger partial charge on any atom is 0.344 e. The summed E-state index contributed by atoms with van der Waals surface area (Å²) in [6, 6.07) is 24.0. The molecule has 5 heteroatoms. The second-order valence-electron chi connectivity index (χ2n) is 6.90. The lowest BCUT2D eigenvalue weighted by molar-refractivity contribution is -0.148. The number of ketones is 1. The van der Waals surface area contributed by atoms with Crippen LogP contribution in [0.4, 0.5) is 0 Å². The lowest BCUT2D eigenvalue weighted by Gasteiger charge is -2.13. The standard InChI is InChI=1S/C25H24O5/c1-18-8-10-21(11-9-18)25(27)19(2)30-24(26)17-29-23-14-12-22(13-15-23)28-16-20-6-4-3-5-7-20/h3-15,19H,16-17H2,1-2H3/t19-/m0/s1. The molecule has 0 saturated heterocycles. The van der Waals surface area contributed by atoms with E-state index in [1.54, 1.807) is 43.3 Å². The van der Waals surface area contributed by atoms with Gasteiger partial charge in [-0.2, -0.15) is 0 Å². The molecule has 0 amide bonds. The third-order valence-electron chi connectivity index (χ3n) is 4.44. The minimum absolute atomic E-state index is 0.247. The van der Waals surface area contributed by atoms with Gasteiger partial charge in [-0.3, -0.25) is 4.79 Å². The van der Waals surface area contributed by atoms with Crippen molar-refractivity contribution >= 4 is 11.8 Å². The van der Waals surface area contributed by atoms with Crippen molar-refractivity contribution in [2.45, 2.75) is 26.6 Å². The van der Waals surface area contributed by atoms with E-state index in [1.807, 2.05) is 49.4 Å². The Kier molecular flexibility index (Phi) is 7.22. The minimum Gasteiger partial charge on any atom is -0.489 e.